The maximum absolute atomic E-state index is 5.43. The molecular weight excluding hydrogens is 248 g/mol. The van der Waals surface area contributed by atoms with Crippen molar-refractivity contribution in [2.75, 3.05) is 14.2 Å². The Morgan fingerprint density at radius 3 is 2.40 bits per heavy atom. The van der Waals surface area contributed by atoms with Crippen LogP contribution in [0.15, 0.2) is 46.4 Å². The Morgan fingerprint density at radius 1 is 1.30 bits per heavy atom. The molecule has 3 nitrogen and oxygen atoms in total. The van der Waals surface area contributed by atoms with Crippen molar-refractivity contribution in [1.82, 2.24) is 0 Å². The normalized spacial score (nSPS) is 15.6. The minimum absolute atomic E-state index is 0.202. The molecule has 1 atom stereocenters. The summed E-state index contributed by atoms with van der Waals surface area (Å²) >= 11 is 0. The summed E-state index contributed by atoms with van der Waals surface area (Å²) in [7, 11) is 3.45. The summed E-state index contributed by atoms with van der Waals surface area (Å²) in [5.41, 5.74) is 0.869. The largest absolute Gasteiger partial charge is 0.378 e. The summed E-state index contributed by atoms with van der Waals surface area (Å²) in [5.74, 6) is 0.892. The van der Waals surface area contributed by atoms with E-state index in [1.165, 1.54) is 0 Å². The van der Waals surface area contributed by atoms with Crippen LogP contribution in [0.1, 0.15) is 34.1 Å². The quantitative estimate of drug-likeness (QED) is 0.389. The smallest absolute Gasteiger partial charge is 0.146 e. The van der Waals surface area contributed by atoms with Crippen molar-refractivity contribution in [3.8, 4) is 0 Å². The lowest BCUT2D eigenvalue weighted by Crippen LogP contribution is -2.32. The van der Waals surface area contributed by atoms with Crippen LogP contribution in [-0.2, 0) is 4.74 Å². The van der Waals surface area contributed by atoms with Gasteiger partial charge in [-0.3, -0.25) is 4.99 Å². The van der Waals surface area contributed by atoms with E-state index >= 15 is 0 Å². The van der Waals surface area contributed by atoms with Crippen LogP contribution < -0.4 is 0 Å². The van der Waals surface area contributed by atoms with Crippen molar-refractivity contribution < 1.29 is 4.74 Å². The van der Waals surface area contributed by atoms with Gasteiger partial charge in [0.15, 0.2) is 0 Å². The lowest BCUT2D eigenvalue weighted by Gasteiger charge is -2.27. The number of methoxy groups -OCH3 is 1. The molecule has 0 saturated carbocycles. The third-order valence-electron chi connectivity index (χ3n) is 3.42. The molecule has 0 amide bonds. The summed E-state index contributed by atoms with van der Waals surface area (Å²) in [6, 6.07) is 0. The number of rotatable bonds is 7. The summed E-state index contributed by atoms with van der Waals surface area (Å²) < 4.78 is 5.43. The number of ether oxygens (including phenoxy) is 1. The zero-order chi connectivity index (χ0) is 15.6. The Bertz CT molecular complexity index is 415. The van der Waals surface area contributed by atoms with Crippen LogP contribution in [0.2, 0.25) is 0 Å². The molecule has 0 aromatic heterocycles. The van der Waals surface area contributed by atoms with Gasteiger partial charge in [0.2, 0.25) is 0 Å². The first kappa shape index (κ1) is 18.5. The molecule has 0 aliphatic carbocycles. The van der Waals surface area contributed by atoms with Crippen LogP contribution in [0.25, 0.3) is 0 Å². The fourth-order valence-electron chi connectivity index (χ4n) is 1.18. The van der Waals surface area contributed by atoms with Gasteiger partial charge < -0.3 is 4.74 Å². The first-order valence-corrected chi connectivity index (χ1v) is 6.96. The Balaban J connectivity index is 4.62. The van der Waals surface area contributed by atoms with Crippen LogP contribution >= 0.6 is 0 Å². The molecule has 0 N–H and O–H groups in total. The van der Waals surface area contributed by atoms with Crippen molar-refractivity contribution >= 4 is 12.1 Å². The van der Waals surface area contributed by atoms with Crippen molar-refractivity contribution in [2.45, 2.75) is 39.7 Å². The molecule has 20 heavy (non-hydrogen) atoms. The third kappa shape index (κ3) is 7.19. The van der Waals surface area contributed by atoms with Gasteiger partial charge in [-0.05, 0) is 26.3 Å². The van der Waals surface area contributed by atoms with E-state index < -0.39 is 0 Å². The number of allylic oxidation sites excluding steroid dienone is 4. The average Bonchev–Trinajstić information content (AvgIpc) is 2.45. The van der Waals surface area contributed by atoms with Gasteiger partial charge in [0, 0.05) is 26.3 Å². The first-order valence-electron chi connectivity index (χ1n) is 6.96. The number of hydrogen-bond acceptors (Lipinski definition) is 2. The molecule has 0 aliphatic rings. The van der Waals surface area contributed by atoms with Crippen LogP contribution in [0, 0.1) is 5.92 Å². The highest BCUT2D eigenvalue weighted by Crippen LogP contribution is 2.18. The summed E-state index contributed by atoms with van der Waals surface area (Å²) in [5, 5.41) is 0. The molecule has 112 valence electrons. The van der Waals surface area contributed by atoms with Gasteiger partial charge >= 0.3 is 0 Å². The molecule has 0 heterocycles. The van der Waals surface area contributed by atoms with E-state index in [0.717, 1.165) is 12.0 Å². The minimum Gasteiger partial charge on any atom is -0.378 e. The molecule has 0 fully saturated rings. The van der Waals surface area contributed by atoms with Crippen LogP contribution in [0.5, 0.6) is 0 Å². The highest BCUT2D eigenvalue weighted by atomic mass is 16.5. The second-order valence-corrected chi connectivity index (χ2v) is 5.19. The Hall–Kier alpha value is -1.48. The topological polar surface area (TPSA) is 34.0 Å². The number of amidine groups is 1. The van der Waals surface area contributed by atoms with Gasteiger partial charge in [0.1, 0.15) is 5.84 Å². The van der Waals surface area contributed by atoms with E-state index in [1.54, 1.807) is 14.2 Å². The fourth-order valence-corrected chi connectivity index (χ4v) is 1.18. The lowest BCUT2D eigenvalue weighted by atomic mass is 9.94. The Labute approximate surface area is 123 Å². The summed E-state index contributed by atoms with van der Waals surface area (Å²) in [6.45, 7) is 12.2. The first-order chi connectivity index (χ1) is 9.37. The molecule has 0 aromatic rings. The van der Waals surface area contributed by atoms with Gasteiger partial charge in [0.25, 0.3) is 0 Å². The standard InChI is InChI=1S/C17H28N2O/c1-8-14(2)11-9-10-12-16(18-6)19-13-15(3)17(4,5)20-7/h9-13,15H,2,8H2,1,3-7H3/b11-9-,12-10+,18-16?,19-13?. The van der Waals surface area contributed by atoms with E-state index in [4.69, 9.17) is 4.74 Å². The summed E-state index contributed by atoms with van der Waals surface area (Å²) in [4.78, 5) is 8.53. The maximum atomic E-state index is 5.43. The minimum atomic E-state index is -0.231. The van der Waals surface area contributed by atoms with Crippen molar-refractivity contribution in [1.29, 1.82) is 0 Å². The third-order valence-corrected chi connectivity index (χ3v) is 3.42. The zero-order valence-corrected chi connectivity index (χ0v) is 13.7. The Morgan fingerprint density at radius 2 is 1.90 bits per heavy atom. The zero-order valence-electron chi connectivity index (χ0n) is 13.7. The molecule has 0 bridgehead atoms. The second kappa shape index (κ2) is 9.43. The monoisotopic (exact) mass is 276 g/mol. The van der Waals surface area contributed by atoms with Crippen LogP contribution in [0.4, 0.5) is 0 Å². The average molecular weight is 276 g/mol. The van der Waals surface area contributed by atoms with Crippen molar-refractivity contribution in [3.05, 3.63) is 36.5 Å². The fraction of sp³-hybridized carbons (Fsp3) is 0.529. The molecule has 0 aliphatic heterocycles. The molecule has 0 rings (SSSR count). The molecule has 3 heteroatoms. The van der Waals surface area contributed by atoms with Gasteiger partial charge in [-0.25, -0.2) is 4.99 Å². The van der Waals surface area contributed by atoms with Gasteiger partial charge in [0.05, 0.1) is 5.60 Å². The van der Waals surface area contributed by atoms with E-state index in [2.05, 4.69) is 30.4 Å². The second-order valence-electron chi connectivity index (χ2n) is 5.19. The van der Waals surface area contributed by atoms with Crippen molar-refractivity contribution in [2.24, 2.45) is 15.9 Å². The van der Waals surface area contributed by atoms with Gasteiger partial charge in [-0.2, -0.15) is 0 Å². The molecule has 0 saturated heterocycles. The SMILES string of the molecule is C=C(/C=C\C=C\C(N=CC(C)C(C)(C)OC)=NC)CC. The van der Waals surface area contributed by atoms with E-state index in [9.17, 15) is 0 Å². The Kier molecular flexibility index (Phi) is 8.73. The van der Waals surface area contributed by atoms with E-state index in [1.807, 2.05) is 44.4 Å². The highest BCUT2D eigenvalue weighted by molar-refractivity contribution is 5.98. The molecule has 1 unspecified atom stereocenters. The molecular formula is C17H28N2O. The maximum Gasteiger partial charge on any atom is 0.146 e. The predicted octanol–water partition coefficient (Wildman–Crippen LogP) is 4.23. The van der Waals surface area contributed by atoms with E-state index in [0.29, 0.717) is 5.84 Å². The predicted molar refractivity (Wildman–Crippen MR) is 89.8 cm³/mol. The number of nitrogens with zero attached hydrogens (tertiary/aromatic N) is 2. The van der Waals surface area contributed by atoms with Gasteiger partial charge in [-0.15, -0.1) is 0 Å². The van der Waals surface area contributed by atoms with E-state index in [-0.39, 0.29) is 11.5 Å². The lowest BCUT2D eigenvalue weighted by molar-refractivity contribution is 0.000657. The van der Waals surface area contributed by atoms with Gasteiger partial charge in [-0.1, -0.05) is 44.2 Å². The number of hydrogen-bond donors (Lipinski definition) is 0. The van der Waals surface area contributed by atoms with Crippen LogP contribution in [0.3, 0.4) is 0 Å². The van der Waals surface area contributed by atoms with Crippen molar-refractivity contribution in [3.63, 3.8) is 0 Å². The highest BCUT2D eigenvalue weighted by Gasteiger charge is 2.23. The molecule has 0 radical (unpaired) electrons. The molecule has 0 spiro atoms. The summed E-state index contributed by atoms with van der Waals surface area (Å²) in [6.07, 6.45) is 10.6. The number of aliphatic imine (C=N–C) groups is 2. The van der Waals surface area contributed by atoms with Crippen LogP contribution in [-0.4, -0.2) is 31.8 Å². The molecule has 0 aromatic carbocycles.